The second-order valence-electron chi connectivity index (χ2n) is 2.07. The molecular weight excluding hydrogens is 186 g/mol. The molecule has 0 saturated heterocycles. The summed E-state index contributed by atoms with van der Waals surface area (Å²) in [5.74, 6) is 0. The van der Waals surface area contributed by atoms with Gasteiger partial charge < -0.3 is 0 Å². The van der Waals surface area contributed by atoms with Gasteiger partial charge in [0.25, 0.3) is 5.24 Å². The van der Waals surface area contributed by atoms with E-state index in [9.17, 15) is 14.9 Å². The van der Waals surface area contributed by atoms with E-state index in [0.29, 0.717) is 0 Å². The summed E-state index contributed by atoms with van der Waals surface area (Å²) in [6, 6.07) is 0. The van der Waals surface area contributed by atoms with Gasteiger partial charge in [-0.15, -0.1) is 0 Å². The van der Waals surface area contributed by atoms with E-state index in [0.717, 1.165) is 10.9 Å². The van der Waals surface area contributed by atoms with Crippen molar-refractivity contribution in [3.8, 4) is 0 Å². The van der Waals surface area contributed by atoms with Gasteiger partial charge >= 0.3 is 5.69 Å². The number of aryl methyl sites for hydroxylation is 1. The minimum Gasteiger partial charge on any atom is -0.273 e. The zero-order valence-electron chi connectivity index (χ0n) is 6.02. The molecule has 1 aromatic heterocycles. The average Bonchev–Trinajstić information content (AvgIpc) is 2.31. The normalized spacial score (nSPS) is 9.83. The Morgan fingerprint density at radius 1 is 1.83 bits per heavy atom. The quantitative estimate of drug-likeness (QED) is 0.390. The number of nitrogens with zero attached hydrogens (tertiary/aromatic N) is 3. The number of halogens is 1. The van der Waals surface area contributed by atoms with Crippen molar-refractivity contribution >= 4 is 22.5 Å². The molecule has 0 amide bonds. The molecule has 0 fully saturated rings. The molecule has 1 heterocycles. The third kappa shape index (κ3) is 1.42. The van der Waals surface area contributed by atoms with Crippen LogP contribution in [0.3, 0.4) is 0 Å². The molecule has 0 spiro atoms. The Balaban J connectivity index is 3.26. The summed E-state index contributed by atoms with van der Waals surface area (Å²) in [4.78, 5) is 20.1. The van der Waals surface area contributed by atoms with Crippen molar-refractivity contribution in [2.24, 2.45) is 7.05 Å². The van der Waals surface area contributed by atoms with Crippen molar-refractivity contribution in [3.05, 3.63) is 22.0 Å². The van der Waals surface area contributed by atoms with Gasteiger partial charge in [0.05, 0.1) is 4.92 Å². The molecular formula is C5H4ClN3O3. The van der Waals surface area contributed by atoms with E-state index >= 15 is 0 Å². The summed E-state index contributed by atoms with van der Waals surface area (Å²) < 4.78 is 1.16. The highest BCUT2D eigenvalue weighted by Crippen LogP contribution is 2.17. The van der Waals surface area contributed by atoms with Crippen LogP contribution in [0.15, 0.2) is 6.20 Å². The maximum absolute atomic E-state index is 10.6. The van der Waals surface area contributed by atoms with E-state index in [-0.39, 0.29) is 11.4 Å². The molecule has 12 heavy (non-hydrogen) atoms. The molecule has 7 heteroatoms. The van der Waals surface area contributed by atoms with Crippen LogP contribution < -0.4 is 0 Å². The molecule has 0 aliphatic heterocycles. The van der Waals surface area contributed by atoms with Crippen LogP contribution in [-0.4, -0.2) is 19.9 Å². The summed E-state index contributed by atoms with van der Waals surface area (Å²) in [6.07, 6.45) is 1.12. The van der Waals surface area contributed by atoms with Crippen LogP contribution in [0.1, 0.15) is 10.5 Å². The Morgan fingerprint density at radius 2 is 2.42 bits per heavy atom. The maximum atomic E-state index is 10.6. The van der Waals surface area contributed by atoms with E-state index in [2.05, 4.69) is 5.10 Å². The molecule has 64 valence electrons. The van der Waals surface area contributed by atoms with Gasteiger partial charge in [-0.25, -0.2) is 0 Å². The zero-order chi connectivity index (χ0) is 9.30. The molecule has 0 atom stereocenters. The van der Waals surface area contributed by atoms with Gasteiger partial charge in [-0.1, -0.05) is 0 Å². The summed E-state index contributed by atoms with van der Waals surface area (Å²) in [5.41, 5.74) is -0.707. The number of nitro groups is 1. The molecule has 0 saturated carbocycles. The van der Waals surface area contributed by atoms with Crippen molar-refractivity contribution in [2.45, 2.75) is 0 Å². The van der Waals surface area contributed by atoms with Crippen LogP contribution in [0.25, 0.3) is 0 Å². The molecule has 0 aliphatic carbocycles. The van der Waals surface area contributed by atoms with Crippen molar-refractivity contribution in [3.63, 3.8) is 0 Å². The standard InChI is InChI=1S/C5H4ClN3O3/c1-8-2-3(9(11)12)4(7-8)5(6)10/h2H,1H3. The van der Waals surface area contributed by atoms with Gasteiger partial charge in [0.2, 0.25) is 5.69 Å². The molecule has 0 unspecified atom stereocenters. The lowest BCUT2D eigenvalue weighted by Gasteiger charge is -1.84. The number of rotatable bonds is 2. The Kier molecular flexibility index (Phi) is 2.09. The monoisotopic (exact) mass is 189 g/mol. The second-order valence-corrected chi connectivity index (χ2v) is 2.41. The van der Waals surface area contributed by atoms with Gasteiger partial charge in [0, 0.05) is 7.05 Å². The van der Waals surface area contributed by atoms with E-state index < -0.39 is 10.2 Å². The first-order valence-electron chi connectivity index (χ1n) is 2.90. The Morgan fingerprint density at radius 3 is 2.75 bits per heavy atom. The number of carbonyl (C=O) groups excluding carboxylic acids is 1. The lowest BCUT2D eigenvalue weighted by Crippen LogP contribution is -1.96. The lowest BCUT2D eigenvalue weighted by atomic mass is 10.4. The van der Waals surface area contributed by atoms with E-state index in [1.807, 2.05) is 0 Å². The third-order valence-corrected chi connectivity index (χ3v) is 1.37. The Labute approximate surface area is 71.9 Å². The van der Waals surface area contributed by atoms with Crippen LogP contribution >= 0.6 is 11.6 Å². The largest absolute Gasteiger partial charge is 0.319 e. The summed E-state index contributed by atoms with van der Waals surface area (Å²) >= 11 is 5.05. The predicted octanol–water partition coefficient (Wildman–Crippen LogP) is 0.707. The van der Waals surface area contributed by atoms with Crippen molar-refractivity contribution in [1.29, 1.82) is 0 Å². The van der Waals surface area contributed by atoms with Gasteiger partial charge in [0.1, 0.15) is 6.20 Å². The summed E-state index contributed by atoms with van der Waals surface area (Å²) in [6.45, 7) is 0. The lowest BCUT2D eigenvalue weighted by molar-refractivity contribution is -0.385. The molecule has 1 aromatic rings. The van der Waals surface area contributed by atoms with Crippen LogP contribution in [0, 0.1) is 10.1 Å². The SMILES string of the molecule is Cn1cc([N+](=O)[O-])c(C(=O)Cl)n1. The highest BCUT2D eigenvalue weighted by Gasteiger charge is 2.22. The number of carbonyl (C=O) groups is 1. The molecule has 0 radical (unpaired) electrons. The average molecular weight is 190 g/mol. The minimum absolute atomic E-state index is 0.329. The first-order chi connectivity index (χ1) is 5.52. The number of aromatic nitrogens is 2. The van der Waals surface area contributed by atoms with Gasteiger partial charge in [-0.2, -0.15) is 5.10 Å². The molecule has 6 nitrogen and oxygen atoms in total. The zero-order valence-corrected chi connectivity index (χ0v) is 6.78. The first-order valence-corrected chi connectivity index (χ1v) is 3.28. The van der Waals surface area contributed by atoms with Crippen LogP contribution in [0.5, 0.6) is 0 Å². The Bertz CT molecular complexity index is 314. The molecule has 1 rings (SSSR count). The Hall–Kier alpha value is -1.43. The fourth-order valence-electron chi connectivity index (χ4n) is 0.750. The van der Waals surface area contributed by atoms with Crippen LogP contribution in [0.4, 0.5) is 5.69 Å². The highest BCUT2D eigenvalue weighted by molar-refractivity contribution is 6.67. The molecule has 0 aliphatic rings. The molecule has 0 bridgehead atoms. The second kappa shape index (κ2) is 2.90. The topological polar surface area (TPSA) is 78.0 Å². The van der Waals surface area contributed by atoms with Crippen molar-refractivity contribution in [2.75, 3.05) is 0 Å². The number of hydrogen-bond donors (Lipinski definition) is 0. The first kappa shape index (κ1) is 8.66. The summed E-state index contributed by atoms with van der Waals surface area (Å²) in [7, 11) is 1.47. The highest BCUT2D eigenvalue weighted by atomic mass is 35.5. The smallest absolute Gasteiger partial charge is 0.273 e. The minimum atomic E-state index is -0.928. The predicted molar refractivity (Wildman–Crippen MR) is 40.0 cm³/mol. The van der Waals surface area contributed by atoms with Crippen molar-refractivity contribution in [1.82, 2.24) is 9.78 Å². The van der Waals surface area contributed by atoms with E-state index in [1.165, 1.54) is 7.05 Å². The van der Waals surface area contributed by atoms with Crippen LogP contribution in [-0.2, 0) is 7.05 Å². The fourth-order valence-corrected chi connectivity index (χ4v) is 0.884. The van der Waals surface area contributed by atoms with E-state index in [4.69, 9.17) is 11.6 Å². The van der Waals surface area contributed by atoms with Crippen molar-refractivity contribution < 1.29 is 9.72 Å². The maximum Gasteiger partial charge on any atom is 0.319 e. The van der Waals surface area contributed by atoms with E-state index in [1.54, 1.807) is 0 Å². The third-order valence-electron chi connectivity index (χ3n) is 1.19. The fraction of sp³-hybridized carbons (Fsp3) is 0.200. The molecule has 0 N–H and O–H groups in total. The molecule has 0 aromatic carbocycles. The van der Waals surface area contributed by atoms with Gasteiger partial charge in [0.15, 0.2) is 0 Å². The van der Waals surface area contributed by atoms with Gasteiger partial charge in [-0.05, 0) is 11.6 Å². The van der Waals surface area contributed by atoms with Gasteiger partial charge in [-0.3, -0.25) is 19.6 Å². The summed E-state index contributed by atoms with van der Waals surface area (Å²) in [5, 5.41) is 12.9. The van der Waals surface area contributed by atoms with Crippen LogP contribution in [0.2, 0.25) is 0 Å². The number of hydrogen-bond acceptors (Lipinski definition) is 4.